The van der Waals surface area contributed by atoms with Gasteiger partial charge in [0.2, 0.25) is 5.95 Å². The Morgan fingerprint density at radius 3 is 2.76 bits per heavy atom. The number of hydrogen-bond acceptors (Lipinski definition) is 9. The summed E-state index contributed by atoms with van der Waals surface area (Å²) in [4.78, 5) is 41.6. The van der Waals surface area contributed by atoms with Gasteiger partial charge in [0.25, 0.3) is 5.91 Å². The number of amides is 2. The van der Waals surface area contributed by atoms with Crippen molar-refractivity contribution in [3.63, 3.8) is 0 Å². The van der Waals surface area contributed by atoms with Crippen LogP contribution in [-0.4, -0.2) is 69.4 Å². The highest BCUT2D eigenvalue weighted by Crippen LogP contribution is 2.35. The first-order chi connectivity index (χ1) is 18.1. The van der Waals surface area contributed by atoms with Crippen LogP contribution in [0.2, 0.25) is 0 Å². The zero-order valence-electron chi connectivity index (χ0n) is 21.9. The number of aromatic nitrogens is 3. The first-order valence-electron chi connectivity index (χ1n) is 12.8. The molecule has 3 aromatic rings. The monoisotopic (exact) mass is 539 g/mol. The van der Waals surface area contributed by atoms with Crippen molar-refractivity contribution in [1.82, 2.24) is 25.6 Å². The van der Waals surface area contributed by atoms with E-state index in [2.05, 4.69) is 20.6 Å². The predicted octanol–water partition coefficient (Wildman–Crippen LogP) is 2.82. The van der Waals surface area contributed by atoms with Crippen molar-refractivity contribution >= 4 is 45.2 Å². The summed E-state index contributed by atoms with van der Waals surface area (Å²) in [5.41, 5.74) is 10.7. The largest absolute Gasteiger partial charge is 0.465 e. The lowest BCUT2D eigenvalue weighted by Crippen LogP contribution is -2.44. The van der Waals surface area contributed by atoms with Crippen LogP contribution >= 0.6 is 11.3 Å². The van der Waals surface area contributed by atoms with Crippen molar-refractivity contribution in [3.8, 4) is 0 Å². The highest BCUT2D eigenvalue weighted by Gasteiger charge is 2.37. The van der Waals surface area contributed by atoms with Crippen LogP contribution in [0.5, 0.6) is 0 Å². The Labute approximate surface area is 224 Å². The number of carboxylic acid groups (broad SMARTS) is 1. The molecule has 38 heavy (non-hydrogen) atoms. The fraction of sp³-hybridized carbons (Fsp3) is 0.500. The van der Waals surface area contributed by atoms with Crippen LogP contribution in [0, 0.1) is 13.8 Å². The van der Waals surface area contributed by atoms with Crippen LogP contribution in [0.15, 0.2) is 12.3 Å². The van der Waals surface area contributed by atoms with Gasteiger partial charge >= 0.3 is 6.09 Å². The second kappa shape index (κ2) is 10.3. The Hall–Kier alpha value is -3.51. The van der Waals surface area contributed by atoms with E-state index < -0.39 is 6.09 Å². The molecule has 5 N–H and O–H groups in total. The highest BCUT2D eigenvalue weighted by atomic mass is 32.1. The first-order valence-corrected chi connectivity index (χ1v) is 13.6. The van der Waals surface area contributed by atoms with Crippen LogP contribution in [0.4, 0.5) is 16.4 Å². The van der Waals surface area contributed by atoms with Crippen LogP contribution < -0.4 is 21.3 Å². The highest BCUT2D eigenvalue weighted by molar-refractivity contribution is 7.21. The number of aryl methyl sites for hydroxylation is 3. The Balaban J connectivity index is 1.27. The number of thiophene rings is 1. The third-order valence-corrected chi connectivity index (χ3v) is 8.11. The average molecular weight is 540 g/mol. The van der Waals surface area contributed by atoms with E-state index in [9.17, 15) is 14.7 Å². The Bertz CT molecular complexity index is 1390. The SMILES string of the molecule is Cc1cc(C)c2c(N)c(C(=O)N[C@H]3CCc4nc(N5CC(NC(=O)O)C(OC(C)C)C5)ncc4C3)sc2n1. The minimum atomic E-state index is -1.08. The van der Waals surface area contributed by atoms with Gasteiger partial charge in [-0.15, -0.1) is 11.3 Å². The van der Waals surface area contributed by atoms with Gasteiger partial charge in [-0.1, -0.05) is 0 Å². The molecule has 0 radical (unpaired) electrons. The molecule has 0 spiro atoms. The molecular formula is C26H33N7O4S. The van der Waals surface area contributed by atoms with E-state index in [4.69, 9.17) is 15.5 Å². The number of hydrogen-bond donors (Lipinski definition) is 4. The van der Waals surface area contributed by atoms with E-state index in [0.717, 1.165) is 39.2 Å². The van der Waals surface area contributed by atoms with Gasteiger partial charge in [-0.25, -0.2) is 19.7 Å². The number of carbonyl (C=O) groups excluding carboxylic acids is 1. The van der Waals surface area contributed by atoms with Gasteiger partial charge in [0, 0.05) is 42.1 Å². The number of anilines is 2. The predicted molar refractivity (Wildman–Crippen MR) is 146 cm³/mol. The first kappa shape index (κ1) is 26.1. The molecule has 2 unspecified atom stereocenters. The second-order valence-electron chi connectivity index (χ2n) is 10.3. The summed E-state index contributed by atoms with van der Waals surface area (Å²) in [5.74, 6) is 0.383. The lowest BCUT2D eigenvalue weighted by molar-refractivity contribution is 0.00694. The topological polar surface area (TPSA) is 156 Å². The van der Waals surface area contributed by atoms with Crippen LogP contribution in [0.3, 0.4) is 0 Å². The molecule has 0 bridgehead atoms. The maximum atomic E-state index is 13.1. The molecule has 1 fully saturated rings. The summed E-state index contributed by atoms with van der Waals surface area (Å²) in [6.45, 7) is 8.72. The maximum absolute atomic E-state index is 13.1. The summed E-state index contributed by atoms with van der Waals surface area (Å²) in [5, 5.41) is 15.8. The zero-order valence-corrected chi connectivity index (χ0v) is 22.8. The number of ether oxygens (including phenoxy) is 1. The molecule has 1 aliphatic carbocycles. The van der Waals surface area contributed by atoms with E-state index in [-0.39, 0.29) is 30.2 Å². The fourth-order valence-corrected chi connectivity index (χ4v) is 6.50. The van der Waals surface area contributed by atoms with Crippen molar-refractivity contribution < 1.29 is 19.4 Å². The van der Waals surface area contributed by atoms with Gasteiger partial charge in [-0.05, 0) is 64.2 Å². The van der Waals surface area contributed by atoms with E-state index in [1.807, 2.05) is 44.9 Å². The molecule has 0 saturated carbocycles. The number of carbonyl (C=O) groups is 2. The Morgan fingerprint density at radius 2 is 2.03 bits per heavy atom. The third kappa shape index (κ3) is 5.23. The van der Waals surface area contributed by atoms with Crippen LogP contribution in [0.1, 0.15) is 52.5 Å². The number of nitrogens with zero attached hydrogens (tertiary/aromatic N) is 4. The van der Waals surface area contributed by atoms with Crippen LogP contribution in [-0.2, 0) is 17.6 Å². The molecule has 2 amide bonds. The maximum Gasteiger partial charge on any atom is 0.405 e. The van der Waals surface area contributed by atoms with Crippen LogP contribution in [0.25, 0.3) is 10.2 Å². The van der Waals surface area contributed by atoms with Crippen molar-refractivity contribution in [2.24, 2.45) is 0 Å². The Morgan fingerprint density at radius 1 is 1.24 bits per heavy atom. The summed E-state index contributed by atoms with van der Waals surface area (Å²) >= 11 is 1.33. The lowest BCUT2D eigenvalue weighted by atomic mass is 9.93. The molecule has 12 heteroatoms. The van der Waals surface area contributed by atoms with Crippen molar-refractivity contribution in [2.75, 3.05) is 23.7 Å². The molecule has 0 aromatic carbocycles. The van der Waals surface area contributed by atoms with Gasteiger partial charge in [0.1, 0.15) is 9.71 Å². The van der Waals surface area contributed by atoms with Crippen molar-refractivity contribution in [1.29, 1.82) is 0 Å². The van der Waals surface area contributed by atoms with Gasteiger partial charge < -0.3 is 31.1 Å². The molecule has 1 saturated heterocycles. The van der Waals surface area contributed by atoms with Gasteiger partial charge in [0.15, 0.2) is 0 Å². The number of pyridine rings is 1. The minimum absolute atomic E-state index is 0.0260. The normalized spacial score (nSPS) is 21.1. The summed E-state index contributed by atoms with van der Waals surface area (Å²) in [6.07, 6.45) is 2.51. The molecule has 1 aliphatic heterocycles. The molecule has 4 heterocycles. The molecule has 202 valence electrons. The molecular weight excluding hydrogens is 506 g/mol. The number of nitrogen functional groups attached to an aromatic ring is 1. The summed E-state index contributed by atoms with van der Waals surface area (Å²) in [6, 6.07) is 1.56. The molecule has 3 aromatic heterocycles. The summed E-state index contributed by atoms with van der Waals surface area (Å²) < 4.78 is 5.94. The number of fused-ring (bicyclic) bond motifs is 2. The van der Waals surface area contributed by atoms with Gasteiger partial charge in [-0.3, -0.25) is 4.79 Å². The van der Waals surface area contributed by atoms with Crippen molar-refractivity contribution in [2.45, 2.75) is 71.2 Å². The quantitative estimate of drug-likeness (QED) is 0.370. The number of nitrogens with two attached hydrogens (primary N) is 1. The Kier molecular flexibility index (Phi) is 7.10. The number of nitrogens with one attached hydrogen (secondary N) is 2. The molecule has 5 rings (SSSR count). The minimum Gasteiger partial charge on any atom is -0.465 e. The second-order valence-corrected chi connectivity index (χ2v) is 11.3. The lowest BCUT2D eigenvalue weighted by Gasteiger charge is -2.26. The van der Waals surface area contributed by atoms with E-state index in [1.54, 1.807) is 0 Å². The standard InChI is InChI=1S/C26H33N7O4S/c1-12(2)37-19-11-33(10-18(19)32-26(35)36)25-28-9-15-8-16(5-6-17(15)31-25)30-23(34)22-21(27)20-13(3)7-14(4)29-24(20)38-22/h7,9,12,16,18-19,32H,5-6,8,10-11,27H2,1-4H3,(H,30,34)(H,35,36)/t16-,18?,19?/m0/s1. The van der Waals surface area contributed by atoms with E-state index >= 15 is 0 Å². The molecule has 3 atom stereocenters. The molecule has 2 aliphatic rings. The summed E-state index contributed by atoms with van der Waals surface area (Å²) in [7, 11) is 0. The zero-order chi connectivity index (χ0) is 27.1. The molecule has 11 nitrogen and oxygen atoms in total. The van der Waals surface area contributed by atoms with Crippen molar-refractivity contribution in [3.05, 3.63) is 39.7 Å². The average Bonchev–Trinajstić information content (AvgIpc) is 3.38. The van der Waals surface area contributed by atoms with E-state index in [1.165, 1.54) is 11.3 Å². The number of rotatable bonds is 6. The van der Waals surface area contributed by atoms with Gasteiger partial charge in [-0.2, -0.15) is 0 Å². The van der Waals surface area contributed by atoms with Gasteiger partial charge in [0.05, 0.1) is 23.9 Å². The third-order valence-electron chi connectivity index (χ3n) is 7.01. The fourth-order valence-electron chi connectivity index (χ4n) is 5.38. The van der Waals surface area contributed by atoms with E-state index in [0.29, 0.717) is 42.4 Å². The smallest absolute Gasteiger partial charge is 0.405 e.